The molecule has 1 aliphatic rings. The number of hydrogen-bond acceptors (Lipinski definition) is 1. The average Bonchev–Trinajstić information content (AvgIpc) is 3.30. The summed E-state index contributed by atoms with van der Waals surface area (Å²) in [5, 5.41) is 0. The highest BCUT2D eigenvalue weighted by atomic mass is 127. The van der Waals surface area contributed by atoms with Gasteiger partial charge in [0.05, 0.1) is 5.52 Å². The van der Waals surface area contributed by atoms with Gasteiger partial charge >= 0.3 is 0 Å². The van der Waals surface area contributed by atoms with Crippen molar-refractivity contribution < 1.29 is 4.57 Å². The summed E-state index contributed by atoms with van der Waals surface area (Å²) in [5.74, 6) is 0.982. The second-order valence-corrected chi connectivity index (χ2v) is 10.6. The van der Waals surface area contributed by atoms with E-state index in [1.54, 1.807) is 0 Å². The first kappa shape index (κ1) is 21.3. The summed E-state index contributed by atoms with van der Waals surface area (Å²) in [6.07, 6.45) is 4.31. The van der Waals surface area contributed by atoms with Crippen molar-refractivity contribution in [2.24, 2.45) is 4.99 Å². The largest absolute Gasteiger partial charge is 0.301 e. The molecule has 3 nitrogen and oxygen atoms in total. The van der Waals surface area contributed by atoms with Crippen LogP contribution in [0, 0.1) is 6.92 Å². The predicted molar refractivity (Wildman–Crippen MR) is 147 cm³/mol. The maximum absolute atomic E-state index is 5.56. The highest BCUT2D eigenvalue weighted by Crippen LogP contribution is 2.48. The molecule has 0 bridgehead atoms. The Morgan fingerprint density at radius 3 is 2.29 bits per heavy atom. The molecular weight excluding hydrogens is 529 g/mol. The van der Waals surface area contributed by atoms with E-state index in [0.29, 0.717) is 0 Å². The molecule has 0 amide bonds. The van der Waals surface area contributed by atoms with Gasteiger partial charge in [-0.3, -0.25) is 0 Å². The standard InChI is InChI=1S/C30H25IN3/c1-21-25-17-9-12-20-34(25)29(27(21)23-13-5-3-6-14-23)32-28-26-18-10-11-19-33(26)22(2)30(28,31)24-15-7-4-8-16-24/h3-20,22H,1-2H3/q+1. The summed E-state index contributed by atoms with van der Waals surface area (Å²) in [6.45, 7) is 4.50. The molecule has 0 saturated carbocycles. The van der Waals surface area contributed by atoms with Crippen LogP contribution in [0.5, 0.6) is 0 Å². The molecule has 6 rings (SSSR count). The van der Waals surface area contributed by atoms with Crippen LogP contribution in [0.3, 0.4) is 0 Å². The minimum absolute atomic E-state index is 0.220. The fourth-order valence-corrected chi connectivity index (χ4v) is 6.34. The molecule has 1 aliphatic heterocycles. The van der Waals surface area contributed by atoms with Crippen LogP contribution < -0.4 is 4.57 Å². The second kappa shape index (κ2) is 8.20. The Morgan fingerprint density at radius 2 is 1.53 bits per heavy atom. The molecule has 0 saturated heterocycles. The van der Waals surface area contributed by atoms with E-state index in [2.05, 4.69) is 155 Å². The molecule has 4 heterocycles. The van der Waals surface area contributed by atoms with Gasteiger partial charge in [0.2, 0.25) is 5.69 Å². The number of nitrogens with zero attached hydrogens (tertiary/aromatic N) is 3. The van der Waals surface area contributed by atoms with Gasteiger partial charge in [-0.1, -0.05) is 89.3 Å². The van der Waals surface area contributed by atoms with Crippen LogP contribution in [0.4, 0.5) is 5.82 Å². The van der Waals surface area contributed by atoms with E-state index >= 15 is 0 Å². The summed E-state index contributed by atoms with van der Waals surface area (Å²) < 4.78 is 4.31. The first-order valence-electron chi connectivity index (χ1n) is 11.6. The van der Waals surface area contributed by atoms with Gasteiger partial charge in [0.15, 0.2) is 15.7 Å². The molecule has 166 valence electrons. The Labute approximate surface area is 213 Å². The maximum atomic E-state index is 5.56. The van der Waals surface area contributed by atoms with Crippen molar-refractivity contribution in [2.45, 2.75) is 23.3 Å². The molecule has 0 spiro atoms. The number of aryl methyl sites for hydroxylation is 1. The van der Waals surface area contributed by atoms with Crippen LogP contribution in [0.25, 0.3) is 16.6 Å². The summed E-state index contributed by atoms with van der Waals surface area (Å²) in [7, 11) is 0. The topological polar surface area (TPSA) is 20.6 Å². The predicted octanol–water partition coefficient (Wildman–Crippen LogP) is 7.23. The molecule has 2 aromatic carbocycles. The number of aliphatic imine (C=N–C) groups is 1. The van der Waals surface area contributed by atoms with E-state index in [1.165, 1.54) is 27.8 Å². The van der Waals surface area contributed by atoms with E-state index in [4.69, 9.17) is 4.99 Å². The number of aromatic nitrogens is 2. The Kier molecular flexibility index (Phi) is 5.14. The molecule has 2 atom stereocenters. The molecule has 0 fully saturated rings. The first-order valence-corrected chi connectivity index (χ1v) is 12.7. The van der Waals surface area contributed by atoms with E-state index in [9.17, 15) is 0 Å². The molecular formula is C30H25IN3+. The molecule has 4 heteroatoms. The minimum Gasteiger partial charge on any atom is -0.301 e. The molecule has 0 N–H and O–H groups in total. The summed E-state index contributed by atoms with van der Waals surface area (Å²) in [5.41, 5.74) is 8.33. The molecule has 0 aliphatic carbocycles. The fraction of sp³-hybridized carbons (Fsp3) is 0.133. The quantitative estimate of drug-likeness (QED) is 0.128. The lowest BCUT2D eigenvalue weighted by molar-refractivity contribution is -0.714. The normalized spacial score (nSPS) is 20.7. The number of fused-ring (bicyclic) bond motifs is 2. The van der Waals surface area contributed by atoms with Crippen molar-refractivity contribution in [2.75, 3.05) is 0 Å². The Balaban J connectivity index is 1.70. The molecule has 3 aromatic heterocycles. The number of pyridine rings is 2. The van der Waals surface area contributed by atoms with Crippen molar-refractivity contribution >= 4 is 39.6 Å². The lowest BCUT2D eigenvalue weighted by Gasteiger charge is -2.23. The zero-order valence-corrected chi connectivity index (χ0v) is 21.3. The summed E-state index contributed by atoms with van der Waals surface area (Å²) in [4.78, 5) is 5.56. The Bertz CT molecular complexity index is 1540. The lowest BCUT2D eigenvalue weighted by Crippen LogP contribution is -2.41. The van der Waals surface area contributed by atoms with Crippen molar-refractivity contribution in [1.82, 2.24) is 4.40 Å². The number of halogens is 1. The fourth-order valence-electron chi connectivity index (χ4n) is 5.28. The van der Waals surface area contributed by atoms with Crippen molar-refractivity contribution in [3.05, 3.63) is 126 Å². The molecule has 0 radical (unpaired) electrons. The lowest BCUT2D eigenvalue weighted by atomic mass is 9.89. The van der Waals surface area contributed by atoms with Crippen LogP contribution in [-0.4, -0.2) is 10.1 Å². The highest BCUT2D eigenvalue weighted by Gasteiger charge is 2.55. The third kappa shape index (κ3) is 3.08. The molecule has 5 aromatic rings. The zero-order valence-electron chi connectivity index (χ0n) is 19.2. The van der Waals surface area contributed by atoms with Gasteiger partial charge in [-0.25, -0.2) is 4.99 Å². The Hall–Kier alpha value is -3.25. The van der Waals surface area contributed by atoms with Crippen LogP contribution in [0.1, 0.15) is 29.8 Å². The van der Waals surface area contributed by atoms with E-state index in [1.807, 2.05) is 0 Å². The summed E-state index contributed by atoms with van der Waals surface area (Å²) in [6, 6.07) is 34.4. The number of alkyl halides is 1. The van der Waals surface area contributed by atoms with Gasteiger partial charge in [-0.05, 0) is 48.7 Å². The van der Waals surface area contributed by atoms with Crippen LogP contribution in [0.15, 0.2) is 114 Å². The maximum Gasteiger partial charge on any atom is 0.229 e. The van der Waals surface area contributed by atoms with Gasteiger partial charge in [0, 0.05) is 23.9 Å². The van der Waals surface area contributed by atoms with E-state index in [-0.39, 0.29) is 9.46 Å². The smallest absolute Gasteiger partial charge is 0.229 e. The number of hydrogen-bond donors (Lipinski definition) is 0. The van der Waals surface area contributed by atoms with E-state index in [0.717, 1.165) is 17.2 Å². The van der Waals surface area contributed by atoms with Crippen molar-refractivity contribution in [1.29, 1.82) is 0 Å². The van der Waals surface area contributed by atoms with Gasteiger partial charge in [-0.15, -0.1) is 0 Å². The number of rotatable bonds is 3. The SMILES string of the molecule is Cc1c(-c2ccccc2)c(N=C2c3cccc[n+]3C(C)C2(I)c2ccccc2)n2ccccc12. The first-order chi connectivity index (χ1) is 16.6. The minimum atomic E-state index is -0.297. The van der Waals surface area contributed by atoms with Gasteiger partial charge in [0.1, 0.15) is 11.5 Å². The second-order valence-electron chi connectivity index (χ2n) is 8.85. The molecule has 2 unspecified atom stereocenters. The highest BCUT2D eigenvalue weighted by molar-refractivity contribution is 14.1. The molecule has 34 heavy (non-hydrogen) atoms. The van der Waals surface area contributed by atoms with Crippen LogP contribution in [0.2, 0.25) is 0 Å². The van der Waals surface area contributed by atoms with Gasteiger partial charge < -0.3 is 4.40 Å². The van der Waals surface area contributed by atoms with Crippen LogP contribution in [-0.2, 0) is 3.42 Å². The third-order valence-electron chi connectivity index (χ3n) is 7.02. The third-order valence-corrected chi connectivity index (χ3v) is 9.05. The van der Waals surface area contributed by atoms with Crippen molar-refractivity contribution in [3.8, 4) is 11.1 Å². The van der Waals surface area contributed by atoms with Crippen molar-refractivity contribution in [3.63, 3.8) is 0 Å². The van der Waals surface area contributed by atoms with Gasteiger partial charge in [0.25, 0.3) is 0 Å². The average molecular weight is 554 g/mol. The Morgan fingerprint density at radius 1 is 0.853 bits per heavy atom. The summed E-state index contributed by atoms with van der Waals surface area (Å²) >= 11 is 2.64. The number of benzene rings is 2. The monoisotopic (exact) mass is 554 g/mol. The zero-order chi connectivity index (χ0) is 23.3. The van der Waals surface area contributed by atoms with Crippen LogP contribution >= 0.6 is 22.6 Å². The van der Waals surface area contributed by atoms with E-state index < -0.39 is 0 Å². The van der Waals surface area contributed by atoms with Gasteiger partial charge in [-0.2, -0.15) is 4.57 Å².